The van der Waals surface area contributed by atoms with Gasteiger partial charge in [-0.1, -0.05) is 78.9 Å². The van der Waals surface area contributed by atoms with Gasteiger partial charge < -0.3 is 40.4 Å². The Kier molecular flexibility index (Phi) is 17.8. The summed E-state index contributed by atoms with van der Waals surface area (Å²) in [5, 5.41) is 10.8. The molecule has 3 aromatic carbocycles. The molecule has 0 spiro atoms. The minimum atomic E-state index is -4.84. The Morgan fingerprint density at radius 3 is 1.80 bits per heavy atom. The van der Waals surface area contributed by atoms with Crippen LogP contribution in [0.2, 0.25) is 0 Å². The van der Waals surface area contributed by atoms with Crippen LogP contribution < -0.4 is 21.3 Å². The molecule has 0 aromatic heterocycles. The van der Waals surface area contributed by atoms with Gasteiger partial charge in [0.15, 0.2) is 6.10 Å². The molecule has 0 aliphatic carbocycles. The highest BCUT2D eigenvalue weighted by molar-refractivity contribution is 7.53. The van der Waals surface area contributed by atoms with Gasteiger partial charge in [0.05, 0.1) is 0 Å². The van der Waals surface area contributed by atoms with Gasteiger partial charge in [-0.25, -0.2) is 19.2 Å². The number of alkyl carbamates (subject to hydrolysis) is 2. The summed E-state index contributed by atoms with van der Waals surface area (Å²) in [5.41, 5.74) is 1.88. The Morgan fingerprint density at radius 1 is 0.745 bits per heavy atom. The van der Waals surface area contributed by atoms with Crippen LogP contribution in [0, 0.1) is 0 Å². The van der Waals surface area contributed by atoms with Crippen molar-refractivity contribution < 1.29 is 52.2 Å². The third kappa shape index (κ3) is 15.7. The average molecular weight is 781 g/mol. The van der Waals surface area contributed by atoms with Crippen molar-refractivity contribution in [2.24, 2.45) is 0 Å². The summed E-state index contributed by atoms with van der Waals surface area (Å²) in [7, 11) is -4.84. The van der Waals surface area contributed by atoms with E-state index in [1.165, 1.54) is 12.1 Å². The SMILES string of the molecule is O=C(NCCCCC(OP(=O)(O)C(CCCCNC(=O)OCc1ccccc1)NC(=O)c1ccccc1)C(=O)OC(=O)[C@@H]1CCCN1)OCc1ccccc1. The topological polar surface area (TPSA) is 208 Å². The molecule has 1 heterocycles. The zero-order valence-corrected chi connectivity index (χ0v) is 31.5. The van der Waals surface area contributed by atoms with Crippen molar-refractivity contribution in [2.45, 2.75) is 82.5 Å². The Balaban J connectivity index is 1.35. The molecule has 3 amide bonds. The molecule has 15 nitrogen and oxygen atoms in total. The Labute approximate surface area is 320 Å². The van der Waals surface area contributed by atoms with Gasteiger partial charge in [-0.2, -0.15) is 0 Å². The smallest absolute Gasteiger partial charge is 0.407 e. The van der Waals surface area contributed by atoms with Crippen LogP contribution in [-0.2, 0) is 46.1 Å². The van der Waals surface area contributed by atoms with Crippen LogP contribution in [0.1, 0.15) is 72.9 Å². The number of rotatable bonds is 21. The Morgan fingerprint density at radius 2 is 1.27 bits per heavy atom. The van der Waals surface area contributed by atoms with E-state index in [2.05, 4.69) is 21.3 Å². The molecular weight excluding hydrogens is 731 g/mol. The summed E-state index contributed by atoms with van der Waals surface area (Å²) in [6.07, 6.45) is -0.755. The van der Waals surface area contributed by atoms with Gasteiger partial charge in [0, 0.05) is 18.7 Å². The van der Waals surface area contributed by atoms with Gasteiger partial charge >= 0.3 is 31.7 Å². The highest BCUT2D eigenvalue weighted by atomic mass is 31.2. The van der Waals surface area contributed by atoms with Crippen LogP contribution in [0.25, 0.3) is 0 Å². The van der Waals surface area contributed by atoms with Crippen LogP contribution in [0.15, 0.2) is 91.0 Å². The van der Waals surface area contributed by atoms with Crippen LogP contribution in [0.5, 0.6) is 0 Å². The van der Waals surface area contributed by atoms with Gasteiger partial charge in [0.2, 0.25) is 0 Å². The molecule has 5 N–H and O–H groups in total. The number of esters is 2. The van der Waals surface area contributed by atoms with Crippen molar-refractivity contribution in [3.05, 3.63) is 108 Å². The van der Waals surface area contributed by atoms with E-state index in [9.17, 15) is 33.4 Å². The van der Waals surface area contributed by atoms with E-state index in [1.807, 2.05) is 60.7 Å². The van der Waals surface area contributed by atoms with Crippen molar-refractivity contribution in [2.75, 3.05) is 19.6 Å². The monoisotopic (exact) mass is 780 g/mol. The molecule has 296 valence electrons. The first kappa shape index (κ1) is 42.7. The number of hydrogen-bond acceptors (Lipinski definition) is 11. The van der Waals surface area contributed by atoms with Crippen LogP contribution >= 0.6 is 7.60 Å². The number of hydrogen-bond donors (Lipinski definition) is 5. The van der Waals surface area contributed by atoms with E-state index < -0.39 is 55.6 Å². The van der Waals surface area contributed by atoms with Gasteiger partial charge in [-0.3, -0.25) is 13.9 Å². The number of nitrogens with one attached hydrogen (secondary N) is 4. The number of unbranched alkanes of at least 4 members (excludes halogenated alkanes) is 2. The minimum absolute atomic E-state index is 0.0607. The van der Waals surface area contributed by atoms with Crippen molar-refractivity contribution in [1.82, 2.24) is 21.3 Å². The molecular formula is C39H49N4O11P. The molecule has 0 bridgehead atoms. The summed E-state index contributed by atoms with van der Waals surface area (Å²) >= 11 is 0. The first-order chi connectivity index (χ1) is 26.6. The molecule has 0 saturated carbocycles. The second-order valence-electron chi connectivity index (χ2n) is 12.9. The molecule has 16 heteroatoms. The zero-order valence-electron chi connectivity index (χ0n) is 30.6. The largest absolute Gasteiger partial charge is 0.445 e. The van der Waals surface area contributed by atoms with Crippen molar-refractivity contribution in [3.63, 3.8) is 0 Å². The molecule has 1 aliphatic rings. The van der Waals surface area contributed by atoms with Crippen molar-refractivity contribution in [1.29, 1.82) is 0 Å². The number of amides is 3. The lowest BCUT2D eigenvalue weighted by Crippen LogP contribution is -2.39. The number of carbonyl (C=O) groups excluding carboxylic acids is 5. The molecule has 4 atom stereocenters. The fourth-order valence-corrected chi connectivity index (χ4v) is 7.07. The van der Waals surface area contributed by atoms with Crippen molar-refractivity contribution in [3.8, 4) is 0 Å². The average Bonchev–Trinajstić information content (AvgIpc) is 3.75. The predicted octanol–water partition coefficient (Wildman–Crippen LogP) is 5.33. The second-order valence-corrected chi connectivity index (χ2v) is 14.8. The second kappa shape index (κ2) is 23.0. The Bertz CT molecular complexity index is 1710. The standard InChI is InChI=1S/C39H49N4O11P/c44-35(31-19-8-3-9-20-31)43-34(23-11-13-25-42-39(48)52-28-30-17-6-2-7-18-30)55(49,50)54-33(37(46)53-36(45)32-21-14-26-40-32)22-10-12-24-41-38(47)51-27-29-15-4-1-5-16-29/h1-9,15-20,32-34,40H,10-14,21-28H2,(H,41,47)(H,42,48)(H,43,44)(H,49,50)/t32-,33?,34?/m0/s1. The summed E-state index contributed by atoms with van der Waals surface area (Å²) in [4.78, 5) is 74.8. The van der Waals surface area contributed by atoms with Crippen LogP contribution in [0.3, 0.4) is 0 Å². The van der Waals surface area contributed by atoms with E-state index in [0.29, 0.717) is 32.2 Å². The summed E-state index contributed by atoms with van der Waals surface area (Å²) in [5.74, 6) is -4.07. The molecule has 4 rings (SSSR count). The Hall–Kier alpha value is -5.08. The molecule has 1 fully saturated rings. The van der Waals surface area contributed by atoms with E-state index in [1.54, 1.807) is 18.2 Å². The lowest BCUT2D eigenvalue weighted by atomic mass is 10.1. The van der Waals surface area contributed by atoms with E-state index in [-0.39, 0.29) is 57.6 Å². The number of ether oxygens (including phenoxy) is 3. The fraction of sp³-hybridized carbons (Fsp3) is 0.410. The first-order valence-corrected chi connectivity index (χ1v) is 20.0. The highest BCUT2D eigenvalue weighted by Crippen LogP contribution is 2.50. The molecule has 55 heavy (non-hydrogen) atoms. The lowest BCUT2D eigenvalue weighted by Gasteiger charge is -2.27. The number of carbonyl (C=O) groups is 5. The minimum Gasteiger partial charge on any atom is -0.445 e. The lowest BCUT2D eigenvalue weighted by molar-refractivity contribution is -0.166. The zero-order chi connectivity index (χ0) is 39.3. The fourth-order valence-electron chi connectivity index (χ4n) is 5.58. The summed E-state index contributed by atoms with van der Waals surface area (Å²) in [6.45, 7) is 1.11. The van der Waals surface area contributed by atoms with E-state index in [4.69, 9.17) is 18.7 Å². The maximum atomic E-state index is 13.9. The van der Waals surface area contributed by atoms with Gasteiger partial charge in [0.25, 0.3) is 5.91 Å². The van der Waals surface area contributed by atoms with Gasteiger partial charge in [0.1, 0.15) is 25.0 Å². The summed E-state index contributed by atoms with van der Waals surface area (Å²) < 4.78 is 35.1. The van der Waals surface area contributed by atoms with Crippen molar-refractivity contribution >= 4 is 37.6 Å². The quantitative estimate of drug-likeness (QED) is 0.0306. The van der Waals surface area contributed by atoms with E-state index >= 15 is 0 Å². The van der Waals surface area contributed by atoms with Gasteiger partial charge in [-0.05, 0) is 81.2 Å². The molecule has 0 radical (unpaired) electrons. The van der Waals surface area contributed by atoms with E-state index in [0.717, 1.165) is 11.1 Å². The molecule has 3 aromatic rings. The number of benzene rings is 3. The molecule has 1 saturated heterocycles. The molecule has 3 unspecified atom stereocenters. The van der Waals surface area contributed by atoms with Crippen LogP contribution in [-0.4, -0.2) is 72.5 Å². The normalized spacial score (nSPS) is 15.8. The third-order valence-corrected chi connectivity index (χ3v) is 10.3. The maximum absolute atomic E-state index is 13.9. The highest BCUT2D eigenvalue weighted by Gasteiger charge is 2.40. The maximum Gasteiger partial charge on any atom is 0.407 e. The predicted molar refractivity (Wildman–Crippen MR) is 201 cm³/mol. The first-order valence-electron chi connectivity index (χ1n) is 18.4. The van der Waals surface area contributed by atoms with Gasteiger partial charge in [-0.15, -0.1) is 0 Å². The van der Waals surface area contributed by atoms with Crippen LogP contribution in [0.4, 0.5) is 9.59 Å². The molecule has 1 aliphatic heterocycles. The summed E-state index contributed by atoms with van der Waals surface area (Å²) in [6, 6.07) is 25.7. The third-order valence-electron chi connectivity index (χ3n) is 8.58.